The molecule has 9 unspecified atom stereocenters. The van der Waals surface area contributed by atoms with Crippen LogP contribution >= 0.6 is 45.8 Å². The van der Waals surface area contributed by atoms with Crippen molar-refractivity contribution in [2.75, 3.05) is 11.5 Å². The van der Waals surface area contributed by atoms with Gasteiger partial charge < -0.3 is 123 Å². The lowest BCUT2D eigenvalue weighted by atomic mass is 9.86. The second-order valence-electron chi connectivity index (χ2n) is 26.0. The third-order valence-corrected chi connectivity index (χ3v) is 19.6. The van der Waals surface area contributed by atoms with E-state index in [9.17, 15) is 69.9 Å². The smallest absolute Gasteiger partial charge is 0.330 e. The molecule has 0 spiro atoms. The van der Waals surface area contributed by atoms with Crippen LogP contribution in [0.15, 0.2) is 83.6 Å². The number of hydrogen-bond donors (Lipinski definition) is 18. The first-order valence-electron chi connectivity index (χ1n) is 31.9. The Morgan fingerprint density at radius 3 is 2.10 bits per heavy atom. The molecule has 7 heterocycles. The largest absolute Gasteiger partial charge is 0.508 e. The lowest BCUT2D eigenvalue weighted by molar-refractivity contribution is -0.328. The number of nitrogens with one attached hydrogen (secondary N) is 7. The second-order valence-corrected chi connectivity index (χ2v) is 27.7. The summed E-state index contributed by atoms with van der Waals surface area (Å²) in [4.78, 5) is 117. The minimum absolute atomic E-state index is 0.00601. The highest BCUT2D eigenvalue weighted by Crippen LogP contribution is 2.49. The van der Waals surface area contributed by atoms with Gasteiger partial charge in [-0.15, -0.1) is 0 Å². The normalized spacial score (nSPS) is 31.0. The molecule has 2 saturated heterocycles. The number of benzene rings is 4. The molecule has 1 aliphatic carbocycles. The van der Waals surface area contributed by atoms with Crippen LogP contribution in [0.1, 0.15) is 99.9 Å². The number of likely N-dealkylation sites (N-methyl/N-ethyl adjacent to an activating group) is 1. The van der Waals surface area contributed by atoms with Gasteiger partial charge in [-0.25, -0.2) is 4.79 Å². The van der Waals surface area contributed by atoms with E-state index in [1.807, 2.05) is 36.4 Å². The number of alkyl halides is 1. The quantitative estimate of drug-likeness (QED) is 0.0651. The Balaban J connectivity index is 1.23. The molecule has 0 aromatic heterocycles. The summed E-state index contributed by atoms with van der Waals surface area (Å²) >= 11 is 16.1. The van der Waals surface area contributed by atoms with Gasteiger partial charge in [-0.05, 0) is 105 Å². The molecule has 12 rings (SSSR count). The molecule has 544 valence electrons. The molecule has 19 atom stereocenters. The number of allylic oxidation sites excluding steroid dienone is 2. The van der Waals surface area contributed by atoms with Crippen LogP contribution in [-0.4, -0.2) is 190 Å². The first kappa shape index (κ1) is 75.5. The zero-order valence-corrected chi connectivity index (χ0v) is 58.1. The number of carboxylic acids is 1. The number of carboxylic acid groups (broad SMARTS) is 1. The maximum absolute atomic E-state index is 16.0. The number of hydrogen-bond acceptors (Lipinski definition) is 24. The van der Waals surface area contributed by atoms with Crippen LogP contribution in [0, 0.1) is 11.8 Å². The van der Waals surface area contributed by atoms with E-state index >= 15 is 14.4 Å². The van der Waals surface area contributed by atoms with Gasteiger partial charge in [0, 0.05) is 45.1 Å². The van der Waals surface area contributed by atoms with Crippen LogP contribution < -0.4 is 62.9 Å². The number of halogens is 3. The average molecular weight is 1560 g/mol. The molecule has 35 heteroatoms. The lowest BCUT2D eigenvalue weighted by Crippen LogP contribution is -2.64. The molecule has 4 aromatic carbocycles. The first-order chi connectivity index (χ1) is 47.7. The molecule has 20 N–H and O–H groups in total. The molecule has 7 aliphatic heterocycles. The molecular weight excluding hydrogens is 1480 g/mol. The number of rotatable bonds is 13. The van der Waals surface area contributed by atoms with Crippen molar-refractivity contribution in [3.8, 4) is 51.4 Å². The molecule has 2 fully saturated rings. The standard InChI is InChI=1S/C66H76Cl2IN9O23/c1-23(2)12-34(72-5)58(88)77-49-51(83)26-7-10-38(32(67)14-26)97-40-16-28-17-41(55(40)101-65-56(54(86)53(85)42(22-69)99-65)100-44-21-66(4,71)57(87)24(3)96-44)98-39-11-8-27(15-33(39)68)52(84)50-63(93)76-48(64(94)95)31-18-29(79)19-37(81)45(31)30-13-25(6-9-36(30)80)46(60(90)78-50)75-61(91)47(28)74-59(89)35(20-43(70)82)73-62(49)92/h6-7,9-11,13-19,23-24,27,34-35,42,44,46-54,56-57,65,72,79-81,83-87H,8,12,20-22,71H2,1-5H3,(H2,70,82)(H,73,92)(H,74,89)(H,75,91)(H,76,93)(H,77,88)(H,78,90)(H,94,95)/t24?,27-,34+,35-,42?,44?,46+,47+,48+,49+,50-,51+,52+,53?,54?,56?,57?,65?,66?/m0/s1. The minimum Gasteiger partial charge on any atom is -0.508 e. The maximum Gasteiger partial charge on any atom is 0.330 e. The van der Waals surface area contributed by atoms with Crippen LogP contribution in [0.4, 0.5) is 0 Å². The molecule has 32 nitrogen and oxygen atoms in total. The van der Waals surface area contributed by atoms with E-state index in [1.54, 1.807) is 6.92 Å². The molecular formula is C66H76Cl2IN9O23. The Hall–Kier alpha value is -8.17. The summed E-state index contributed by atoms with van der Waals surface area (Å²) in [6.45, 7) is 6.72. The van der Waals surface area contributed by atoms with Crippen molar-refractivity contribution >= 4 is 93.1 Å². The number of phenols is 3. The van der Waals surface area contributed by atoms with Crippen LogP contribution in [-0.2, 0) is 52.6 Å². The Labute approximate surface area is 599 Å². The fraction of sp³-hybridized carbons (Fsp3) is 0.455. The van der Waals surface area contributed by atoms with Crippen molar-refractivity contribution in [1.29, 1.82) is 0 Å². The number of fused-ring (bicyclic) bond motifs is 14. The van der Waals surface area contributed by atoms with Crippen molar-refractivity contribution < 1.29 is 113 Å². The summed E-state index contributed by atoms with van der Waals surface area (Å²) in [7, 11) is 1.48. The Bertz CT molecular complexity index is 4000. The highest BCUT2D eigenvalue weighted by atomic mass is 127. The number of aliphatic hydroxyl groups excluding tert-OH is 5. The minimum atomic E-state index is -2.30. The Kier molecular flexibility index (Phi) is 23.0. The van der Waals surface area contributed by atoms with Crippen molar-refractivity contribution in [2.45, 2.75) is 163 Å². The third-order valence-electron chi connectivity index (χ3n) is 18.1. The van der Waals surface area contributed by atoms with Gasteiger partial charge in [0.15, 0.2) is 29.9 Å². The number of aromatic hydroxyl groups is 3. The summed E-state index contributed by atoms with van der Waals surface area (Å²) in [5.41, 5.74) is 8.57. The van der Waals surface area contributed by atoms with E-state index < -0.39 is 226 Å². The number of aliphatic hydroxyl groups is 5. The van der Waals surface area contributed by atoms with Gasteiger partial charge in [0.1, 0.15) is 77.3 Å². The number of aliphatic carboxylic acids is 1. The van der Waals surface area contributed by atoms with Crippen molar-refractivity contribution in [2.24, 2.45) is 23.3 Å². The zero-order chi connectivity index (χ0) is 73.5. The highest BCUT2D eigenvalue weighted by Gasteiger charge is 2.52. The van der Waals surface area contributed by atoms with Gasteiger partial charge >= 0.3 is 5.97 Å². The SMILES string of the molecule is CN[C@H](CC(C)C)C(=O)N[C@H]1C(=O)N[C@@H](CC(N)=O)C(=O)N[C@H]2C(=O)N[C@H]3C(=O)N[C@H](C(=O)N[C@@H](C(=O)O)c4cc(O)cc(O)c4-c4cc3ccc4O)[C@H](O)[C@@H]3C=C(Cl)C(=CC3)Oc3cc2cc(c3OC2OC(CI)C(O)C(O)C2OC2CC(C)(N)C(O)C(C)O2)Oc2ccc(cc2Cl)[C@H]1O. The van der Waals surface area contributed by atoms with Crippen LogP contribution in [0.3, 0.4) is 0 Å². The number of ether oxygens (including phenoxy) is 6. The molecule has 4 aromatic rings. The highest BCUT2D eigenvalue weighted by molar-refractivity contribution is 14.1. The van der Waals surface area contributed by atoms with E-state index in [4.69, 9.17) is 63.1 Å². The summed E-state index contributed by atoms with van der Waals surface area (Å²) < 4.78 is 39.0. The van der Waals surface area contributed by atoms with E-state index in [-0.39, 0.29) is 62.3 Å². The molecule has 0 radical (unpaired) electrons. The average Bonchev–Trinajstić information content (AvgIpc) is 0.776. The number of carbonyl (C=O) groups is 8. The first-order valence-corrected chi connectivity index (χ1v) is 34.1. The molecule has 8 aliphatic rings. The number of phenolic OH excluding ortho intramolecular Hbond substituents is 3. The number of carbonyl (C=O) groups excluding carboxylic acids is 7. The number of nitrogens with two attached hydrogens (primary N) is 2. The third kappa shape index (κ3) is 16.2. The number of amides is 7. The van der Waals surface area contributed by atoms with E-state index in [0.29, 0.717) is 0 Å². The fourth-order valence-electron chi connectivity index (χ4n) is 12.8. The van der Waals surface area contributed by atoms with Crippen LogP contribution in [0.25, 0.3) is 11.1 Å². The predicted octanol–water partition coefficient (Wildman–Crippen LogP) is 0.836. The maximum atomic E-state index is 16.0. The monoisotopic (exact) mass is 1560 g/mol. The van der Waals surface area contributed by atoms with E-state index in [1.165, 1.54) is 38.3 Å². The number of primary amides is 1. The Morgan fingerprint density at radius 1 is 0.782 bits per heavy atom. The van der Waals surface area contributed by atoms with Crippen molar-refractivity contribution in [3.05, 3.63) is 111 Å². The van der Waals surface area contributed by atoms with E-state index in [0.717, 1.165) is 48.5 Å². The second kappa shape index (κ2) is 30.8. The van der Waals surface area contributed by atoms with Crippen molar-refractivity contribution in [3.63, 3.8) is 0 Å². The summed E-state index contributed by atoms with van der Waals surface area (Å²) in [6.07, 6.45) is -14.8. The summed E-state index contributed by atoms with van der Waals surface area (Å²) in [5.74, 6) is -16.5. The van der Waals surface area contributed by atoms with Gasteiger partial charge in [0.05, 0.1) is 46.9 Å². The van der Waals surface area contributed by atoms with Gasteiger partial charge in [0.2, 0.25) is 53.4 Å². The molecule has 0 saturated carbocycles. The van der Waals surface area contributed by atoms with Crippen LogP contribution in [0.2, 0.25) is 5.02 Å². The van der Waals surface area contributed by atoms with Gasteiger partial charge in [-0.1, -0.05) is 77.8 Å². The summed E-state index contributed by atoms with van der Waals surface area (Å²) in [5, 5.41) is 121. The summed E-state index contributed by atoms with van der Waals surface area (Å²) in [6, 6.07) is -3.38. The van der Waals surface area contributed by atoms with Crippen LogP contribution in [0.5, 0.6) is 40.2 Å². The molecule has 7 amide bonds. The van der Waals surface area contributed by atoms with Gasteiger partial charge in [-0.2, -0.15) is 0 Å². The molecule has 11 bridgehead atoms. The van der Waals surface area contributed by atoms with Gasteiger partial charge in [0.25, 0.3) is 0 Å². The Morgan fingerprint density at radius 2 is 1.46 bits per heavy atom. The predicted molar refractivity (Wildman–Crippen MR) is 361 cm³/mol. The van der Waals surface area contributed by atoms with Gasteiger partial charge in [-0.3, -0.25) is 33.6 Å². The topological polar surface area (TPSA) is 510 Å². The lowest BCUT2D eigenvalue weighted by Gasteiger charge is -2.47. The van der Waals surface area contributed by atoms with Crippen molar-refractivity contribution in [1.82, 2.24) is 37.2 Å². The molecule has 101 heavy (non-hydrogen) atoms. The fourth-order valence-corrected chi connectivity index (χ4v) is 14.0. The zero-order valence-electron chi connectivity index (χ0n) is 54.5. The van der Waals surface area contributed by atoms with E-state index in [2.05, 4.69) is 37.2 Å².